The minimum absolute atomic E-state index is 0.0555. The summed E-state index contributed by atoms with van der Waals surface area (Å²) in [4.78, 5) is 62.0. The van der Waals surface area contributed by atoms with Crippen LogP contribution in [-0.2, 0) is 25.5 Å². The summed E-state index contributed by atoms with van der Waals surface area (Å²) in [6, 6.07) is 6.39. The first-order valence-corrected chi connectivity index (χ1v) is 26.1. The zero-order valence-corrected chi connectivity index (χ0v) is 43.5. The first-order valence-electron chi connectivity index (χ1n) is 26.1. The van der Waals surface area contributed by atoms with Gasteiger partial charge in [-0.25, -0.2) is 14.8 Å². The summed E-state index contributed by atoms with van der Waals surface area (Å²) in [5.41, 5.74) is 17.5. The van der Waals surface area contributed by atoms with Crippen LogP contribution < -0.4 is 27.0 Å². The average molecular weight is 998 g/mol. The van der Waals surface area contributed by atoms with Gasteiger partial charge < -0.3 is 70.9 Å². The van der Waals surface area contributed by atoms with Crippen molar-refractivity contribution in [2.24, 2.45) is 16.6 Å². The number of urea groups is 1. The van der Waals surface area contributed by atoms with Gasteiger partial charge >= 0.3 is 6.03 Å². The molecular formula is C53H81N12O7+. The number of nitrogens with two attached hydrogens (primary N) is 2. The average Bonchev–Trinajstić information content (AvgIpc) is 3.90. The minimum atomic E-state index is -0.818. The van der Waals surface area contributed by atoms with Crippen LogP contribution in [0.4, 0.5) is 16.6 Å². The summed E-state index contributed by atoms with van der Waals surface area (Å²) in [6.07, 6.45) is 11.4. The first-order chi connectivity index (χ1) is 34.3. The highest BCUT2D eigenvalue weighted by Crippen LogP contribution is 2.51. The van der Waals surface area contributed by atoms with Crippen LogP contribution in [0.25, 0.3) is 11.8 Å². The molecule has 394 valence electrons. The van der Waals surface area contributed by atoms with Gasteiger partial charge in [0.15, 0.2) is 0 Å². The smallest absolute Gasteiger partial charge is 0.318 e. The van der Waals surface area contributed by atoms with Crippen LogP contribution >= 0.6 is 0 Å². The molecule has 1 saturated carbocycles. The maximum atomic E-state index is 14.0. The maximum Gasteiger partial charge on any atom is 0.318 e. The van der Waals surface area contributed by atoms with E-state index in [1.54, 1.807) is 23.1 Å². The number of nitrogens with zero attached hydrogens (tertiary/aromatic N) is 7. The Balaban J connectivity index is 0.770. The fraction of sp³-hybridized carbons (Fsp3) is 0.642. The second-order valence-electron chi connectivity index (χ2n) is 22.8. The number of hydrogen-bond donors (Lipinski definition) is 7. The monoisotopic (exact) mass is 998 g/mol. The van der Waals surface area contributed by atoms with Crippen LogP contribution in [0.1, 0.15) is 106 Å². The van der Waals surface area contributed by atoms with E-state index >= 15 is 0 Å². The molecule has 4 aliphatic heterocycles. The van der Waals surface area contributed by atoms with Gasteiger partial charge in [-0.1, -0.05) is 26.0 Å². The fourth-order valence-corrected chi connectivity index (χ4v) is 11.4. The molecule has 2 aromatic heterocycles. The molecule has 1 aromatic carbocycles. The van der Waals surface area contributed by atoms with E-state index in [2.05, 4.69) is 53.5 Å². The molecule has 3 saturated heterocycles. The number of para-hydroxylation sites is 1. The number of aliphatic hydroxyl groups is 1. The van der Waals surface area contributed by atoms with Crippen molar-refractivity contribution in [3.63, 3.8) is 0 Å². The van der Waals surface area contributed by atoms with E-state index in [9.17, 15) is 24.6 Å². The molecule has 0 radical (unpaired) electrons. The van der Waals surface area contributed by atoms with E-state index in [1.807, 2.05) is 43.3 Å². The number of aromatic nitrogens is 3. The third-order valence-corrected chi connectivity index (χ3v) is 15.9. The number of fused-ring (bicyclic) bond motifs is 1. The van der Waals surface area contributed by atoms with Crippen molar-refractivity contribution in [3.05, 3.63) is 64.6 Å². The summed E-state index contributed by atoms with van der Waals surface area (Å²) in [7, 11) is 6.35. The number of nitrogen functional groups attached to an aromatic ring is 1. The van der Waals surface area contributed by atoms with Crippen molar-refractivity contribution in [2.75, 3.05) is 117 Å². The third kappa shape index (κ3) is 12.5. The van der Waals surface area contributed by atoms with Crippen LogP contribution in [0.15, 0.2) is 36.7 Å². The van der Waals surface area contributed by atoms with Crippen molar-refractivity contribution < 1.29 is 38.6 Å². The van der Waals surface area contributed by atoms with Gasteiger partial charge in [0.1, 0.15) is 24.2 Å². The Bertz CT molecular complexity index is 2380. The Kier molecular flexibility index (Phi) is 16.4. The Morgan fingerprint density at radius 2 is 1.68 bits per heavy atom. The second-order valence-corrected chi connectivity index (χ2v) is 22.8. The van der Waals surface area contributed by atoms with Crippen molar-refractivity contribution >= 4 is 41.4 Å². The molecule has 19 heteroatoms. The normalized spacial score (nSPS) is 21.3. The minimum Gasteiger partial charge on any atom is -0.507 e. The molecule has 9 N–H and O–H groups in total. The lowest BCUT2D eigenvalue weighted by atomic mass is 9.60. The van der Waals surface area contributed by atoms with Crippen molar-refractivity contribution in [1.82, 2.24) is 40.3 Å². The number of ether oxygens (including phenoxy) is 2. The van der Waals surface area contributed by atoms with Gasteiger partial charge in [0, 0.05) is 104 Å². The molecular weight excluding hydrogens is 917 g/mol. The number of β-amino-alcohol motifs (C(OH)–C–C–N with tert-alkyl or cyclic N) is 1. The number of benzene rings is 1. The lowest BCUT2D eigenvalue weighted by Crippen LogP contribution is -2.70. The molecule has 19 nitrogen and oxygen atoms in total. The lowest BCUT2D eigenvalue weighted by Gasteiger charge is -2.61. The van der Waals surface area contributed by atoms with Gasteiger partial charge in [0.05, 0.1) is 59.7 Å². The number of aliphatic hydroxyl groups excluding tert-OH is 1. The number of carbonyl (C=O) groups excluding carboxylic acids is 3. The molecule has 0 bridgehead atoms. The highest BCUT2D eigenvalue weighted by atomic mass is 16.5. The number of aromatic hydroxyl groups is 1. The summed E-state index contributed by atoms with van der Waals surface area (Å²) >= 11 is 0. The lowest BCUT2D eigenvalue weighted by molar-refractivity contribution is -0.870. The molecule has 5 aliphatic rings. The maximum absolute atomic E-state index is 14.0. The number of nitrogens with one attached hydrogen (secondary N) is 3. The van der Waals surface area contributed by atoms with Crippen molar-refractivity contribution in [3.8, 4) is 5.75 Å². The largest absolute Gasteiger partial charge is 0.507 e. The number of likely N-dealkylation sites (tertiary alicyclic amines) is 3. The standard InChI is InChI=1S/C53H80N12O7/c1-35-46-41(27-42(54)40-9-7-8-10-44(40)67)48(55)59-43(46)14-21-64(35)50-57-30-37(31-58-50)36-11-18-61(19-12-36)38-28-53(29-38)33-63(34-53)51(70)60-47(49(69)62-20-13-39(66)32-62)52(2,3)16-17-56-45(68)15-23-71-25-26-72-24-22-65(4,5)6/h7-10,27,30-31,35-36,38-39,47,59,66H,11-26,28-29,32-34,54-55H2,1-6H3,(H2-,56,60,67,68,70)/p+1/b42-27-. The van der Waals surface area contributed by atoms with E-state index in [0.29, 0.717) is 100 Å². The molecule has 3 atom stereocenters. The number of hydrogen-bond acceptors (Lipinski definition) is 13. The van der Waals surface area contributed by atoms with Gasteiger partial charge in [-0.3, -0.25) is 9.59 Å². The van der Waals surface area contributed by atoms with Crippen LogP contribution in [-0.4, -0.2) is 187 Å². The molecule has 1 spiro atoms. The number of amides is 4. The van der Waals surface area contributed by atoms with Gasteiger partial charge in [0.2, 0.25) is 17.8 Å². The summed E-state index contributed by atoms with van der Waals surface area (Å²) in [5, 5.41) is 26.7. The number of rotatable bonds is 20. The number of aromatic amines is 1. The van der Waals surface area contributed by atoms with E-state index in [1.165, 1.54) is 0 Å². The van der Waals surface area contributed by atoms with Crippen molar-refractivity contribution in [2.45, 2.75) is 102 Å². The summed E-state index contributed by atoms with van der Waals surface area (Å²) in [6.45, 7) is 13.9. The molecule has 1 aliphatic carbocycles. The topological polar surface area (TPSA) is 241 Å². The highest BCUT2D eigenvalue weighted by Gasteiger charge is 2.56. The van der Waals surface area contributed by atoms with E-state index in [0.717, 1.165) is 85.2 Å². The predicted octanol–water partition coefficient (Wildman–Crippen LogP) is 3.65. The number of anilines is 2. The van der Waals surface area contributed by atoms with Gasteiger partial charge in [-0.2, -0.15) is 0 Å². The molecule has 8 rings (SSSR count). The predicted molar refractivity (Wildman–Crippen MR) is 278 cm³/mol. The molecule has 6 heterocycles. The quantitative estimate of drug-likeness (QED) is 0.0633. The van der Waals surface area contributed by atoms with Gasteiger partial charge in [-0.05, 0) is 93.6 Å². The number of piperidine rings is 1. The number of quaternary nitrogens is 1. The molecule has 4 fully saturated rings. The molecule has 3 unspecified atom stereocenters. The van der Waals surface area contributed by atoms with Gasteiger partial charge in [0.25, 0.3) is 0 Å². The first kappa shape index (κ1) is 52.8. The number of likely N-dealkylation sites (N-methyl/N-ethyl adjacent to an activating group) is 1. The van der Waals surface area contributed by atoms with Crippen molar-refractivity contribution in [1.29, 1.82) is 0 Å². The summed E-state index contributed by atoms with van der Waals surface area (Å²) < 4.78 is 12.0. The number of carbonyl (C=O) groups is 3. The van der Waals surface area contributed by atoms with E-state index in [-0.39, 0.29) is 48.0 Å². The molecule has 4 amide bonds. The third-order valence-electron chi connectivity index (χ3n) is 15.9. The Labute approximate surface area is 425 Å². The van der Waals surface area contributed by atoms with Crippen LogP contribution in [0, 0.1) is 10.8 Å². The number of phenols is 1. The van der Waals surface area contributed by atoms with Gasteiger partial charge in [-0.15, -0.1) is 0 Å². The van der Waals surface area contributed by atoms with Crippen LogP contribution in [0.3, 0.4) is 0 Å². The van der Waals surface area contributed by atoms with Crippen LogP contribution in [0.5, 0.6) is 5.75 Å². The van der Waals surface area contributed by atoms with Crippen LogP contribution in [0.2, 0.25) is 0 Å². The molecule has 3 aromatic rings. The molecule has 72 heavy (non-hydrogen) atoms. The number of H-pyrrole nitrogens is 1. The fourth-order valence-electron chi connectivity index (χ4n) is 11.4. The highest BCUT2D eigenvalue weighted by molar-refractivity contribution is 5.89. The Morgan fingerprint density at radius 3 is 2.35 bits per heavy atom. The number of phenolic OH excluding ortho intramolecular Hbond substituents is 1. The van der Waals surface area contributed by atoms with E-state index < -0.39 is 17.6 Å². The Morgan fingerprint density at radius 1 is 0.986 bits per heavy atom. The van der Waals surface area contributed by atoms with E-state index in [4.69, 9.17) is 30.9 Å². The second kappa shape index (κ2) is 22.3. The summed E-state index contributed by atoms with van der Waals surface area (Å²) in [5.74, 6) is 1.39. The zero-order chi connectivity index (χ0) is 51.4. The Hall–Kier alpha value is -5.47. The SMILES string of the molecule is CC1c2c([nH]c(N)c2/C=C(\N)c2ccccc2O)CCN1c1ncc(C2CCN(C3CC4(C3)CN(C(=O)NC(C(=O)N3CCC(O)C3)C(C)(C)CCNC(=O)CCOCCOCC[N+](C)(C)C)C4)CC2)cn1. The zero-order valence-electron chi connectivity index (χ0n) is 43.5.